The van der Waals surface area contributed by atoms with Gasteiger partial charge in [0.15, 0.2) is 11.5 Å². The number of para-hydroxylation sites is 1. The first-order valence-electron chi connectivity index (χ1n) is 7.82. The van der Waals surface area contributed by atoms with Crippen molar-refractivity contribution in [2.75, 3.05) is 21.3 Å². The zero-order valence-corrected chi connectivity index (χ0v) is 14.6. The number of rotatable bonds is 6. The molecule has 0 saturated carbocycles. The smallest absolute Gasteiger partial charge is 0.307 e. The van der Waals surface area contributed by atoms with Gasteiger partial charge in [-0.05, 0) is 23.8 Å². The van der Waals surface area contributed by atoms with Crippen LogP contribution in [0.3, 0.4) is 0 Å². The molecule has 0 radical (unpaired) electrons. The molecule has 1 heterocycles. The fourth-order valence-corrected chi connectivity index (χ4v) is 3.10. The van der Waals surface area contributed by atoms with Crippen LogP contribution in [-0.4, -0.2) is 37.4 Å². The molecule has 0 amide bonds. The fraction of sp³-hybridized carbons (Fsp3) is 0.211. The first-order valence-corrected chi connectivity index (χ1v) is 7.82. The molecule has 0 unspecified atom stereocenters. The lowest BCUT2D eigenvalue weighted by atomic mass is 10.0. The Morgan fingerprint density at radius 1 is 1.08 bits per heavy atom. The van der Waals surface area contributed by atoms with Crippen LogP contribution in [0.4, 0.5) is 4.39 Å². The summed E-state index contributed by atoms with van der Waals surface area (Å²) in [6.45, 7) is 0. The van der Waals surface area contributed by atoms with E-state index in [-0.39, 0.29) is 11.9 Å². The zero-order chi connectivity index (χ0) is 18.8. The lowest BCUT2D eigenvalue weighted by Crippen LogP contribution is -2.02. The molecule has 136 valence electrons. The number of carboxylic acid groups (broad SMARTS) is 1. The zero-order valence-electron chi connectivity index (χ0n) is 14.6. The van der Waals surface area contributed by atoms with Gasteiger partial charge in [0.05, 0.1) is 39.0 Å². The van der Waals surface area contributed by atoms with Gasteiger partial charge < -0.3 is 24.3 Å². The van der Waals surface area contributed by atoms with E-state index in [4.69, 9.17) is 14.2 Å². The topological polar surface area (TPSA) is 80.8 Å². The van der Waals surface area contributed by atoms with Gasteiger partial charge in [0.1, 0.15) is 5.82 Å². The number of halogens is 1. The summed E-state index contributed by atoms with van der Waals surface area (Å²) >= 11 is 0. The Kier molecular flexibility index (Phi) is 4.71. The highest BCUT2D eigenvalue weighted by atomic mass is 19.1. The second-order valence-electron chi connectivity index (χ2n) is 5.59. The molecule has 0 atom stereocenters. The van der Waals surface area contributed by atoms with E-state index in [1.54, 1.807) is 24.3 Å². The SMILES string of the molecule is COc1ccc(-c2[nH]c3c(F)cccc3c2CC(=O)O)c(OC)c1OC. The van der Waals surface area contributed by atoms with Crippen LogP contribution < -0.4 is 14.2 Å². The summed E-state index contributed by atoms with van der Waals surface area (Å²) in [6, 6.07) is 7.95. The van der Waals surface area contributed by atoms with Gasteiger partial charge in [0.2, 0.25) is 5.75 Å². The fourth-order valence-electron chi connectivity index (χ4n) is 3.10. The first-order chi connectivity index (χ1) is 12.5. The van der Waals surface area contributed by atoms with E-state index in [2.05, 4.69) is 4.98 Å². The molecule has 26 heavy (non-hydrogen) atoms. The summed E-state index contributed by atoms with van der Waals surface area (Å²) in [5.41, 5.74) is 1.73. The highest BCUT2D eigenvalue weighted by molar-refractivity contribution is 5.95. The summed E-state index contributed by atoms with van der Waals surface area (Å²) in [7, 11) is 4.46. The highest BCUT2D eigenvalue weighted by Gasteiger charge is 2.23. The maximum atomic E-state index is 14.2. The van der Waals surface area contributed by atoms with Crippen LogP contribution in [0.2, 0.25) is 0 Å². The van der Waals surface area contributed by atoms with Crippen LogP contribution in [0.1, 0.15) is 5.56 Å². The molecule has 2 N–H and O–H groups in total. The van der Waals surface area contributed by atoms with Crippen LogP contribution in [0.25, 0.3) is 22.2 Å². The van der Waals surface area contributed by atoms with Gasteiger partial charge in [-0.2, -0.15) is 0 Å². The maximum Gasteiger partial charge on any atom is 0.307 e. The molecule has 0 fully saturated rings. The predicted molar refractivity (Wildman–Crippen MR) is 94.7 cm³/mol. The molecular formula is C19H18FNO5. The van der Waals surface area contributed by atoms with Crippen LogP contribution in [-0.2, 0) is 11.2 Å². The molecule has 0 aliphatic heterocycles. The number of H-pyrrole nitrogens is 1. The number of aliphatic carboxylic acids is 1. The van der Waals surface area contributed by atoms with Crippen molar-refractivity contribution in [2.45, 2.75) is 6.42 Å². The number of carbonyl (C=O) groups is 1. The Balaban J connectivity index is 2.35. The van der Waals surface area contributed by atoms with Crippen molar-refractivity contribution in [3.05, 3.63) is 41.7 Å². The molecule has 0 spiro atoms. The number of nitrogens with one attached hydrogen (secondary N) is 1. The van der Waals surface area contributed by atoms with Gasteiger partial charge in [0, 0.05) is 10.9 Å². The number of benzene rings is 2. The average Bonchev–Trinajstić information content (AvgIpc) is 2.99. The summed E-state index contributed by atoms with van der Waals surface area (Å²) in [4.78, 5) is 14.4. The first kappa shape index (κ1) is 17.6. The number of hydrogen-bond donors (Lipinski definition) is 2. The molecule has 1 aromatic heterocycles. The molecule has 3 rings (SSSR count). The lowest BCUT2D eigenvalue weighted by molar-refractivity contribution is -0.136. The quantitative estimate of drug-likeness (QED) is 0.702. The molecule has 3 aromatic rings. The molecule has 7 heteroatoms. The highest BCUT2D eigenvalue weighted by Crippen LogP contribution is 2.46. The van der Waals surface area contributed by atoms with Gasteiger partial charge >= 0.3 is 5.97 Å². The minimum Gasteiger partial charge on any atom is -0.493 e. The lowest BCUT2D eigenvalue weighted by Gasteiger charge is -2.16. The van der Waals surface area contributed by atoms with Crippen molar-refractivity contribution in [1.82, 2.24) is 4.98 Å². The number of methoxy groups -OCH3 is 3. The monoisotopic (exact) mass is 359 g/mol. The predicted octanol–water partition coefficient (Wildman–Crippen LogP) is 3.63. The number of aromatic amines is 1. The Morgan fingerprint density at radius 3 is 2.42 bits per heavy atom. The summed E-state index contributed by atoms with van der Waals surface area (Å²) in [5.74, 6) is -0.274. The van der Waals surface area contributed by atoms with Crippen LogP contribution in [0, 0.1) is 5.82 Å². The number of ether oxygens (including phenoxy) is 3. The second kappa shape index (κ2) is 6.95. The summed E-state index contributed by atoms with van der Waals surface area (Å²) in [5, 5.41) is 9.82. The normalized spacial score (nSPS) is 10.8. The Labute approximate surface area is 149 Å². The third kappa shape index (κ3) is 2.81. The van der Waals surface area contributed by atoms with Gasteiger partial charge in [-0.3, -0.25) is 4.79 Å². The molecule has 0 saturated heterocycles. The van der Waals surface area contributed by atoms with Crippen molar-refractivity contribution in [3.8, 4) is 28.5 Å². The van der Waals surface area contributed by atoms with E-state index < -0.39 is 11.8 Å². The van der Waals surface area contributed by atoms with Crippen molar-refractivity contribution >= 4 is 16.9 Å². The maximum absolute atomic E-state index is 14.2. The van der Waals surface area contributed by atoms with Crippen molar-refractivity contribution in [1.29, 1.82) is 0 Å². The van der Waals surface area contributed by atoms with Gasteiger partial charge in [-0.15, -0.1) is 0 Å². The number of carboxylic acids is 1. The van der Waals surface area contributed by atoms with Crippen LogP contribution >= 0.6 is 0 Å². The third-order valence-corrected chi connectivity index (χ3v) is 4.19. The van der Waals surface area contributed by atoms with Crippen molar-refractivity contribution in [2.24, 2.45) is 0 Å². The van der Waals surface area contributed by atoms with E-state index in [0.29, 0.717) is 39.5 Å². The summed E-state index contributed by atoms with van der Waals surface area (Å²) in [6.07, 6.45) is -0.268. The van der Waals surface area contributed by atoms with E-state index in [9.17, 15) is 14.3 Å². The van der Waals surface area contributed by atoms with Gasteiger partial charge in [-0.25, -0.2) is 4.39 Å². The van der Waals surface area contributed by atoms with Crippen molar-refractivity contribution < 1.29 is 28.5 Å². The number of hydrogen-bond acceptors (Lipinski definition) is 4. The molecule has 6 nitrogen and oxygen atoms in total. The largest absolute Gasteiger partial charge is 0.493 e. The molecule has 0 aliphatic rings. The average molecular weight is 359 g/mol. The van der Waals surface area contributed by atoms with E-state index in [1.807, 2.05) is 0 Å². The Morgan fingerprint density at radius 2 is 1.81 bits per heavy atom. The van der Waals surface area contributed by atoms with Crippen LogP contribution in [0.5, 0.6) is 17.2 Å². The Bertz CT molecular complexity index is 980. The van der Waals surface area contributed by atoms with E-state index in [1.165, 1.54) is 27.4 Å². The van der Waals surface area contributed by atoms with E-state index in [0.717, 1.165) is 0 Å². The third-order valence-electron chi connectivity index (χ3n) is 4.19. The molecule has 0 aliphatic carbocycles. The molecular weight excluding hydrogens is 341 g/mol. The second-order valence-corrected chi connectivity index (χ2v) is 5.59. The summed E-state index contributed by atoms with van der Waals surface area (Å²) < 4.78 is 30.4. The van der Waals surface area contributed by atoms with Crippen LogP contribution in [0.15, 0.2) is 30.3 Å². The Hall–Kier alpha value is -3.22. The number of aromatic nitrogens is 1. The van der Waals surface area contributed by atoms with E-state index >= 15 is 0 Å². The minimum absolute atomic E-state index is 0.246. The molecule has 0 bridgehead atoms. The van der Waals surface area contributed by atoms with Gasteiger partial charge in [-0.1, -0.05) is 12.1 Å². The van der Waals surface area contributed by atoms with Gasteiger partial charge in [0.25, 0.3) is 0 Å². The number of fused-ring (bicyclic) bond motifs is 1. The standard InChI is InChI=1S/C19H18FNO5/c1-24-14-8-7-11(18(25-2)19(14)26-3)16-12(9-15(22)23)10-5-4-6-13(20)17(10)21-16/h4-8,21H,9H2,1-3H3,(H,22,23). The van der Waals surface area contributed by atoms with Crippen molar-refractivity contribution in [3.63, 3.8) is 0 Å². The molecule has 2 aromatic carbocycles. The minimum atomic E-state index is -1.02.